The molecule has 2 aliphatic rings. The van der Waals surface area contributed by atoms with Gasteiger partial charge in [-0.15, -0.1) is 11.3 Å². The molecule has 0 spiro atoms. The van der Waals surface area contributed by atoms with Gasteiger partial charge in [0.05, 0.1) is 16.4 Å². The van der Waals surface area contributed by atoms with E-state index in [1.54, 1.807) is 0 Å². The maximum atomic E-state index is 12.4. The summed E-state index contributed by atoms with van der Waals surface area (Å²) >= 11 is 1.49. The van der Waals surface area contributed by atoms with E-state index in [-0.39, 0.29) is 17.7 Å². The third-order valence-corrected chi connectivity index (χ3v) is 7.14. The highest BCUT2D eigenvalue weighted by Crippen LogP contribution is 2.22. The number of aryl methyl sites for hydroxylation is 1. The molecule has 0 bridgehead atoms. The molecular weight excluding hydrogens is 308 g/mol. The van der Waals surface area contributed by atoms with Crippen LogP contribution in [0.2, 0.25) is 0 Å². The summed E-state index contributed by atoms with van der Waals surface area (Å²) in [4.78, 5) is 17.4. The van der Waals surface area contributed by atoms with Crippen LogP contribution in [0, 0.1) is 6.92 Å². The van der Waals surface area contributed by atoms with E-state index < -0.39 is 9.84 Å². The topological polar surface area (TPSA) is 57.7 Å². The van der Waals surface area contributed by atoms with E-state index in [1.807, 2.05) is 23.3 Å². The van der Waals surface area contributed by atoms with Crippen molar-refractivity contribution in [3.63, 3.8) is 0 Å². The van der Waals surface area contributed by atoms with Crippen LogP contribution in [0.4, 0.5) is 0 Å². The molecule has 116 valence electrons. The standard InChI is InChI=1S/C14H20N2O3S2/c1-11-2-8-20-13(11)14(17)16-6-4-15(5-7-16)12-3-9-21(18,19)10-12/h2,8,12H,3-7,9-10H2,1H3/t12-/m0/s1. The minimum Gasteiger partial charge on any atom is -0.335 e. The van der Waals surface area contributed by atoms with Gasteiger partial charge in [-0.1, -0.05) is 0 Å². The minimum absolute atomic E-state index is 0.112. The SMILES string of the molecule is Cc1ccsc1C(=O)N1CCN([C@H]2CCS(=O)(=O)C2)CC1. The summed E-state index contributed by atoms with van der Waals surface area (Å²) in [6, 6.07) is 2.12. The van der Waals surface area contributed by atoms with E-state index in [0.717, 1.165) is 30.0 Å². The Labute approximate surface area is 129 Å². The molecule has 3 heterocycles. The minimum atomic E-state index is -2.84. The fraction of sp³-hybridized carbons (Fsp3) is 0.643. The zero-order chi connectivity index (χ0) is 15.0. The molecule has 5 nitrogen and oxygen atoms in total. The van der Waals surface area contributed by atoms with E-state index in [0.29, 0.717) is 18.8 Å². The van der Waals surface area contributed by atoms with Crippen LogP contribution in [0.15, 0.2) is 11.4 Å². The van der Waals surface area contributed by atoms with E-state index in [9.17, 15) is 13.2 Å². The van der Waals surface area contributed by atoms with Crippen LogP contribution in [0.1, 0.15) is 21.7 Å². The van der Waals surface area contributed by atoms with Crippen LogP contribution < -0.4 is 0 Å². The Morgan fingerprint density at radius 2 is 2.00 bits per heavy atom. The van der Waals surface area contributed by atoms with Crippen LogP contribution in [0.25, 0.3) is 0 Å². The van der Waals surface area contributed by atoms with Crippen LogP contribution >= 0.6 is 11.3 Å². The molecule has 0 unspecified atom stereocenters. The van der Waals surface area contributed by atoms with Gasteiger partial charge in [-0.25, -0.2) is 8.42 Å². The lowest BCUT2D eigenvalue weighted by Crippen LogP contribution is -2.52. The molecule has 0 saturated carbocycles. The second-order valence-electron chi connectivity index (χ2n) is 5.82. The van der Waals surface area contributed by atoms with Crippen molar-refractivity contribution in [1.82, 2.24) is 9.80 Å². The number of nitrogens with zero attached hydrogens (tertiary/aromatic N) is 2. The number of piperazine rings is 1. The van der Waals surface area contributed by atoms with Gasteiger partial charge in [0, 0.05) is 32.2 Å². The summed E-state index contributed by atoms with van der Waals surface area (Å²) < 4.78 is 23.1. The molecule has 3 rings (SSSR count). The number of amides is 1. The van der Waals surface area contributed by atoms with Crippen LogP contribution in [0.3, 0.4) is 0 Å². The highest BCUT2D eigenvalue weighted by Gasteiger charge is 2.34. The average molecular weight is 328 g/mol. The van der Waals surface area contributed by atoms with Crippen molar-refractivity contribution >= 4 is 27.1 Å². The Balaban J connectivity index is 1.58. The van der Waals surface area contributed by atoms with Gasteiger partial charge >= 0.3 is 0 Å². The van der Waals surface area contributed by atoms with Crippen molar-refractivity contribution < 1.29 is 13.2 Å². The van der Waals surface area contributed by atoms with Gasteiger partial charge in [0.15, 0.2) is 9.84 Å². The molecule has 1 aromatic heterocycles. The fourth-order valence-electron chi connectivity index (χ4n) is 3.09. The Kier molecular flexibility index (Phi) is 4.07. The predicted molar refractivity (Wildman–Crippen MR) is 83.6 cm³/mol. The van der Waals surface area contributed by atoms with Gasteiger partial charge in [0.25, 0.3) is 5.91 Å². The lowest BCUT2D eigenvalue weighted by molar-refractivity contribution is 0.0592. The molecule has 0 radical (unpaired) electrons. The lowest BCUT2D eigenvalue weighted by Gasteiger charge is -2.37. The van der Waals surface area contributed by atoms with Crippen molar-refractivity contribution in [3.8, 4) is 0 Å². The van der Waals surface area contributed by atoms with Crippen molar-refractivity contribution in [2.75, 3.05) is 37.7 Å². The van der Waals surface area contributed by atoms with Crippen molar-refractivity contribution in [1.29, 1.82) is 0 Å². The lowest BCUT2D eigenvalue weighted by atomic mass is 10.2. The third-order valence-electron chi connectivity index (χ3n) is 4.38. The molecule has 1 amide bonds. The number of carbonyl (C=O) groups is 1. The second kappa shape index (κ2) is 5.70. The van der Waals surface area contributed by atoms with Crippen molar-refractivity contribution in [2.45, 2.75) is 19.4 Å². The average Bonchev–Trinajstić information content (AvgIpc) is 3.04. The molecule has 2 fully saturated rings. The fourth-order valence-corrected chi connectivity index (χ4v) is 5.74. The first-order valence-corrected chi connectivity index (χ1v) is 9.94. The molecule has 0 N–H and O–H groups in total. The summed E-state index contributed by atoms with van der Waals surface area (Å²) in [6.45, 7) is 4.88. The molecule has 1 aromatic rings. The molecule has 2 aliphatic heterocycles. The summed E-state index contributed by atoms with van der Waals surface area (Å²) in [5, 5.41) is 1.95. The first-order valence-electron chi connectivity index (χ1n) is 7.24. The second-order valence-corrected chi connectivity index (χ2v) is 8.96. The number of rotatable bonds is 2. The predicted octanol–water partition coefficient (Wildman–Crippen LogP) is 1.00. The molecule has 0 aromatic carbocycles. The van der Waals surface area contributed by atoms with Gasteiger partial charge in [-0.05, 0) is 30.4 Å². The summed E-state index contributed by atoms with van der Waals surface area (Å²) in [5.41, 5.74) is 1.04. The normalized spacial score (nSPS) is 26.1. The van der Waals surface area contributed by atoms with E-state index in [1.165, 1.54) is 11.3 Å². The quantitative estimate of drug-likeness (QED) is 0.813. The number of hydrogen-bond donors (Lipinski definition) is 0. The van der Waals surface area contributed by atoms with Gasteiger partial charge in [-0.2, -0.15) is 0 Å². The van der Waals surface area contributed by atoms with Gasteiger partial charge in [0.1, 0.15) is 0 Å². The number of carbonyl (C=O) groups excluding carboxylic acids is 1. The van der Waals surface area contributed by atoms with Crippen LogP contribution in [-0.4, -0.2) is 67.9 Å². The number of thiophene rings is 1. The highest BCUT2D eigenvalue weighted by atomic mass is 32.2. The molecular formula is C14H20N2O3S2. The van der Waals surface area contributed by atoms with E-state index in [4.69, 9.17) is 0 Å². The first-order chi connectivity index (χ1) is 9.96. The smallest absolute Gasteiger partial charge is 0.264 e. The summed E-state index contributed by atoms with van der Waals surface area (Å²) in [7, 11) is -2.84. The number of sulfone groups is 1. The molecule has 1 atom stereocenters. The Morgan fingerprint density at radius 1 is 1.29 bits per heavy atom. The Hall–Kier alpha value is -0.920. The maximum absolute atomic E-state index is 12.4. The first kappa shape index (κ1) is 15.0. The summed E-state index contributed by atoms with van der Waals surface area (Å²) in [5.74, 6) is 0.706. The zero-order valence-electron chi connectivity index (χ0n) is 12.1. The zero-order valence-corrected chi connectivity index (χ0v) is 13.8. The largest absolute Gasteiger partial charge is 0.335 e. The van der Waals surface area contributed by atoms with Crippen LogP contribution in [0.5, 0.6) is 0 Å². The van der Waals surface area contributed by atoms with Gasteiger partial charge < -0.3 is 4.90 Å². The van der Waals surface area contributed by atoms with Gasteiger partial charge in [-0.3, -0.25) is 9.69 Å². The van der Waals surface area contributed by atoms with E-state index >= 15 is 0 Å². The maximum Gasteiger partial charge on any atom is 0.264 e. The number of hydrogen-bond acceptors (Lipinski definition) is 5. The monoisotopic (exact) mass is 328 g/mol. The Morgan fingerprint density at radius 3 is 2.52 bits per heavy atom. The molecule has 21 heavy (non-hydrogen) atoms. The molecule has 0 aliphatic carbocycles. The van der Waals surface area contributed by atoms with E-state index in [2.05, 4.69) is 4.90 Å². The molecule has 2 saturated heterocycles. The highest BCUT2D eigenvalue weighted by molar-refractivity contribution is 7.91. The van der Waals surface area contributed by atoms with Gasteiger partial charge in [0.2, 0.25) is 0 Å². The molecule has 7 heteroatoms. The van der Waals surface area contributed by atoms with Crippen LogP contribution in [-0.2, 0) is 9.84 Å². The third kappa shape index (κ3) is 3.14. The Bertz CT molecular complexity index is 630. The van der Waals surface area contributed by atoms with Crippen molar-refractivity contribution in [3.05, 3.63) is 21.9 Å². The van der Waals surface area contributed by atoms with Crippen molar-refractivity contribution in [2.24, 2.45) is 0 Å². The summed E-state index contributed by atoms with van der Waals surface area (Å²) in [6.07, 6.45) is 0.736.